The van der Waals surface area contributed by atoms with Gasteiger partial charge in [0.15, 0.2) is 16.6 Å². The van der Waals surface area contributed by atoms with E-state index in [1.165, 1.54) is 5.57 Å². The predicted octanol–water partition coefficient (Wildman–Crippen LogP) is 9.44. The number of fused-ring (bicyclic) bond motifs is 4. The Hall–Kier alpha value is -0.459. The second kappa shape index (κ2) is 11.3. The van der Waals surface area contributed by atoms with Crippen molar-refractivity contribution in [1.29, 1.82) is 0 Å². The molecule has 9 heteroatoms. The normalized spacial score (nSPS) is 35.0. The minimum Gasteiger partial charge on any atom is -0.546 e. The molecular formula is C35H66O6Si3. The quantitative estimate of drug-likeness (QED) is 0.199. The van der Waals surface area contributed by atoms with Crippen LogP contribution >= 0.6 is 0 Å². The van der Waals surface area contributed by atoms with Crippen LogP contribution in [0.15, 0.2) is 11.3 Å². The van der Waals surface area contributed by atoms with Crippen LogP contribution in [-0.4, -0.2) is 61.9 Å². The number of hydrogen-bond donors (Lipinski definition) is 0. The summed E-state index contributed by atoms with van der Waals surface area (Å²) in [5.41, 5.74) is 0.726. The largest absolute Gasteiger partial charge is 0.546 e. The van der Waals surface area contributed by atoms with Crippen LogP contribution in [0.3, 0.4) is 0 Å². The van der Waals surface area contributed by atoms with Crippen molar-refractivity contribution < 1.29 is 27.5 Å². The summed E-state index contributed by atoms with van der Waals surface area (Å²) in [5.74, 6) is 0.848. The lowest BCUT2D eigenvalue weighted by Gasteiger charge is -2.53. The molecule has 8 atom stereocenters. The van der Waals surface area contributed by atoms with Gasteiger partial charge in [0.2, 0.25) is 8.32 Å². The molecule has 1 saturated carbocycles. The van der Waals surface area contributed by atoms with Crippen LogP contribution in [0.2, 0.25) is 54.4 Å². The first-order valence-electron chi connectivity index (χ1n) is 17.3. The van der Waals surface area contributed by atoms with Crippen molar-refractivity contribution in [2.45, 2.75) is 173 Å². The van der Waals surface area contributed by atoms with Crippen molar-refractivity contribution in [3.8, 4) is 0 Å². The highest BCUT2D eigenvalue weighted by Crippen LogP contribution is 2.66. The van der Waals surface area contributed by atoms with Gasteiger partial charge < -0.3 is 22.8 Å². The Bertz CT molecular complexity index is 1140. The van der Waals surface area contributed by atoms with Gasteiger partial charge in [-0.3, -0.25) is 4.79 Å². The molecule has 0 aromatic carbocycles. The molecular weight excluding hydrogens is 601 g/mol. The topological polar surface area (TPSA) is 63.2 Å². The fraction of sp³-hybridized carbons (Fsp3) is 0.914. The van der Waals surface area contributed by atoms with Gasteiger partial charge in [-0.15, -0.1) is 0 Å². The summed E-state index contributed by atoms with van der Waals surface area (Å²) in [5, 5.41) is 0.206. The van der Waals surface area contributed by atoms with Crippen LogP contribution in [-0.2, 0) is 27.5 Å². The van der Waals surface area contributed by atoms with Crippen LogP contribution < -0.4 is 0 Å². The molecule has 0 aromatic rings. The Kier molecular flexibility index (Phi) is 9.36. The first-order chi connectivity index (χ1) is 19.7. The molecule has 1 spiro atoms. The van der Waals surface area contributed by atoms with Gasteiger partial charge in [-0.2, -0.15) is 0 Å². The van der Waals surface area contributed by atoms with E-state index in [2.05, 4.69) is 109 Å². The number of rotatable bonds is 7. The van der Waals surface area contributed by atoms with Crippen LogP contribution in [0.5, 0.6) is 0 Å². The van der Waals surface area contributed by atoms with Gasteiger partial charge in [0.1, 0.15) is 5.60 Å². The summed E-state index contributed by atoms with van der Waals surface area (Å²) in [4.78, 5) is 13.7. The molecule has 2 bridgehead atoms. The maximum atomic E-state index is 13.7. The van der Waals surface area contributed by atoms with Crippen LogP contribution in [0.4, 0.5) is 0 Å². The van der Waals surface area contributed by atoms with E-state index in [1.54, 1.807) is 7.11 Å². The van der Waals surface area contributed by atoms with Crippen molar-refractivity contribution in [3.63, 3.8) is 0 Å². The van der Waals surface area contributed by atoms with Gasteiger partial charge in [-0.1, -0.05) is 69.2 Å². The first-order valence-corrected chi connectivity index (χ1v) is 26.0. The summed E-state index contributed by atoms with van der Waals surface area (Å²) in [6.07, 6.45) is 3.09. The van der Waals surface area contributed by atoms with Gasteiger partial charge in [0.05, 0.1) is 37.1 Å². The Balaban J connectivity index is 1.95. The number of hydrogen-bond acceptors (Lipinski definition) is 6. The smallest absolute Gasteiger partial charge is 0.309 e. The van der Waals surface area contributed by atoms with Crippen molar-refractivity contribution >= 4 is 30.9 Å². The molecule has 44 heavy (non-hydrogen) atoms. The van der Waals surface area contributed by atoms with Crippen molar-refractivity contribution in [2.75, 3.05) is 7.11 Å². The lowest BCUT2D eigenvalue weighted by atomic mass is 9.64. The minimum atomic E-state index is -2.15. The summed E-state index contributed by atoms with van der Waals surface area (Å²) in [7, 11) is -4.89. The van der Waals surface area contributed by atoms with Crippen LogP contribution in [0.1, 0.15) is 94.9 Å². The molecule has 4 rings (SSSR count). The fourth-order valence-electron chi connectivity index (χ4n) is 7.58. The molecule has 0 unspecified atom stereocenters. The highest BCUT2D eigenvalue weighted by atomic mass is 28.4. The molecule has 0 N–H and O–H groups in total. The van der Waals surface area contributed by atoms with E-state index in [4.69, 9.17) is 22.8 Å². The van der Waals surface area contributed by atoms with E-state index >= 15 is 0 Å². The summed E-state index contributed by atoms with van der Waals surface area (Å²) in [6.45, 7) is 37.2. The van der Waals surface area contributed by atoms with Crippen molar-refractivity contribution in [3.05, 3.63) is 11.3 Å². The molecule has 2 aliphatic heterocycles. The monoisotopic (exact) mass is 666 g/mol. The van der Waals surface area contributed by atoms with Crippen molar-refractivity contribution in [1.82, 2.24) is 0 Å². The number of carbonyl (C=O) groups excluding carboxylic acids is 1. The van der Waals surface area contributed by atoms with E-state index < -0.39 is 30.6 Å². The third-order valence-corrected chi connectivity index (χ3v) is 26.6. The van der Waals surface area contributed by atoms with E-state index in [0.29, 0.717) is 0 Å². The summed E-state index contributed by atoms with van der Waals surface area (Å²) >= 11 is 0. The molecule has 3 fully saturated rings. The van der Waals surface area contributed by atoms with Crippen LogP contribution in [0.25, 0.3) is 0 Å². The van der Waals surface area contributed by atoms with E-state index in [1.807, 2.05) is 0 Å². The Morgan fingerprint density at radius 1 is 0.818 bits per heavy atom. The highest BCUT2D eigenvalue weighted by molar-refractivity contribution is 6.75. The Morgan fingerprint density at radius 2 is 1.34 bits per heavy atom. The molecule has 2 saturated heterocycles. The third-order valence-electron chi connectivity index (χ3n) is 13.2. The van der Waals surface area contributed by atoms with Crippen molar-refractivity contribution in [2.24, 2.45) is 23.7 Å². The van der Waals surface area contributed by atoms with Gasteiger partial charge >= 0.3 is 5.97 Å². The minimum absolute atomic E-state index is 0.00464. The first kappa shape index (κ1) is 36.4. The number of esters is 1. The number of carbonyl (C=O) groups is 1. The molecule has 2 aliphatic carbocycles. The second-order valence-corrected chi connectivity index (χ2v) is 33.3. The third kappa shape index (κ3) is 5.90. The molecule has 2 heterocycles. The van der Waals surface area contributed by atoms with Gasteiger partial charge in [0.25, 0.3) is 0 Å². The Morgan fingerprint density at radius 3 is 1.84 bits per heavy atom. The Labute approximate surface area is 273 Å². The second-order valence-electron chi connectivity index (χ2n) is 19.1. The lowest BCUT2D eigenvalue weighted by Crippen LogP contribution is -2.59. The number of ether oxygens (including phenoxy) is 2. The van der Waals surface area contributed by atoms with Gasteiger partial charge in [-0.25, -0.2) is 0 Å². The zero-order valence-electron chi connectivity index (χ0n) is 31.3. The maximum Gasteiger partial charge on any atom is 0.309 e. The average molecular weight is 667 g/mol. The standard InChI is InChI=1S/C35H66O6Si3/c1-22-29-27-24(39-42(12,13)32(2,3)4)19-18-23(31(36)37-11)26(27)28-25(40-43(14,15)33(5,6)7)20-21-35(28,38-29)30(22)41-44(16,17)34(8,9)10/h22-23,25-26,28-30H,18-21H2,1-17H3/t22-,23-,25-,26+,28-,29-,30+,35-/m0/s1. The maximum absolute atomic E-state index is 13.7. The van der Waals surface area contributed by atoms with Crippen LogP contribution in [0, 0.1) is 23.7 Å². The average Bonchev–Trinajstić information content (AvgIpc) is 3.32. The number of allylic oxidation sites excluding steroid dienone is 1. The lowest BCUT2D eigenvalue weighted by molar-refractivity contribution is -0.168. The van der Waals surface area contributed by atoms with E-state index in [0.717, 1.165) is 31.4 Å². The zero-order valence-corrected chi connectivity index (χ0v) is 34.3. The van der Waals surface area contributed by atoms with Gasteiger partial charge in [-0.05, 0) is 79.2 Å². The molecule has 6 nitrogen and oxygen atoms in total. The van der Waals surface area contributed by atoms with E-state index in [-0.39, 0.29) is 63.1 Å². The number of methoxy groups -OCH3 is 1. The molecule has 0 amide bonds. The highest BCUT2D eigenvalue weighted by Gasteiger charge is 2.72. The predicted molar refractivity (Wildman–Crippen MR) is 187 cm³/mol. The SMILES string of the molecule is COC(=O)[C@H]1CCC(O[Si](C)(C)C(C)(C)C)=C2[C@@H]1[C@@H]1[C@@H](O[Si](C)(C)C(C)(C)C)CC[C@]13O[C@H]2[C@H](C)[C@H]3O[Si](C)(C)C(C)(C)C. The zero-order chi connectivity index (χ0) is 33.6. The fourth-order valence-corrected chi connectivity index (χ4v) is 11.5. The van der Waals surface area contributed by atoms with E-state index in [9.17, 15) is 4.79 Å². The summed E-state index contributed by atoms with van der Waals surface area (Å²) < 4.78 is 35.0. The summed E-state index contributed by atoms with van der Waals surface area (Å²) in [6, 6.07) is 0. The van der Waals surface area contributed by atoms with Gasteiger partial charge in [0, 0.05) is 24.2 Å². The molecule has 0 radical (unpaired) electrons. The molecule has 4 aliphatic rings. The molecule has 254 valence electrons. The molecule has 0 aromatic heterocycles.